The van der Waals surface area contributed by atoms with Gasteiger partial charge in [0.15, 0.2) is 17.3 Å². The number of ether oxygens (including phenoxy) is 1. The van der Waals surface area contributed by atoms with E-state index < -0.39 is 17.3 Å². The number of benzene rings is 2. The van der Waals surface area contributed by atoms with Gasteiger partial charge in [0, 0.05) is 12.7 Å². The van der Waals surface area contributed by atoms with Gasteiger partial charge < -0.3 is 10.1 Å². The molecule has 1 saturated heterocycles. The molecule has 1 aromatic heterocycles. The number of rotatable bonds is 6. The summed E-state index contributed by atoms with van der Waals surface area (Å²) in [5.74, 6) is -2.21. The van der Waals surface area contributed by atoms with Crippen LogP contribution in [0.25, 0.3) is 0 Å². The first-order chi connectivity index (χ1) is 13.9. The number of aromatic nitrogens is 2. The minimum absolute atomic E-state index is 0.0658. The lowest BCUT2D eigenvalue weighted by molar-refractivity contribution is -0.135. The Bertz CT molecular complexity index is 1030. The smallest absolute Gasteiger partial charge is 0.272 e. The molecule has 29 heavy (non-hydrogen) atoms. The molecule has 0 spiro atoms. The van der Waals surface area contributed by atoms with Crippen molar-refractivity contribution in [3.05, 3.63) is 88.7 Å². The van der Waals surface area contributed by atoms with Gasteiger partial charge in [-0.15, -0.1) is 0 Å². The van der Waals surface area contributed by atoms with Crippen LogP contribution in [0, 0.1) is 11.6 Å². The van der Waals surface area contributed by atoms with Crippen LogP contribution in [-0.2, 0) is 23.5 Å². The summed E-state index contributed by atoms with van der Waals surface area (Å²) in [6.07, 6.45) is 1.59. The molecule has 0 radical (unpaired) electrons. The zero-order valence-corrected chi connectivity index (χ0v) is 15.4. The predicted octanol–water partition coefficient (Wildman–Crippen LogP) is 3.33. The summed E-state index contributed by atoms with van der Waals surface area (Å²) < 4.78 is 47.0. The fourth-order valence-corrected chi connectivity index (χ4v) is 3.04. The zero-order chi connectivity index (χ0) is 20.4. The van der Waals surface area contributed by atoms with E-state index in [-0.39, 0.29) is 37.9 Å². The Kier molecular flexibility index (Phi) is 5.10. The van der Waals surface area contributed by atoms with E-state index in [1.165, 1.54) is 10.7 Å². The molecule has 1 aliphatic rings. The van der Waals surface area contributed by atoms with E-state index in [2.05, 4.69) is 10.4 Å². The molecule has 1 amide bonds. The maximum absolute atomic E-state index is 14.3. The van der Waals surface area contributed by atoms with Crippen LogP contribution in [0.4, 0.5) is 13.2 Å². The van der Waals surface area contributed by atoms with Crippen molar-refractivity contribution in [2.45, 2.75) is 18.8 Å². The predicted molar refractivity (Wildman–Crippen MR) is 98.9 cm³/mol. The van der Waals surface area contributed by atoms with Gasteiger partial charge in [-0.25, -0.2) is 13.2 Å². The number of amides is 1. The molecule has 0 bridgehead atoms. The van der Waals surface area contributed by atoms with Crippen molar-refractivity contribution in [2.24, 2.45) is 0 Å². The molecule has 8 heteroatoms. The lowest BCUT2D eigenvalue weighted by atomic mass is 9.93. The molecule has 1 N–H and O–H groups in total. The Balaban J connectivity index is 1.33. The summed E-state index contributed by atoms with van der Waals surface area (Å²) >= 11 is 0. The van der Waals surface area contributed by atoms with E-state index >= 15 is 0 Å². The molecule has 150 valence electrons. The van der Waals surface area contributed by atoms with Crippen LogP contribution >= 0.6 is 0 Å². The maximum Gasteiger partial charge on any atom is 0.272 e. The third-order valence-corrected chi connectivity index (χ3v) is 4.79. The van der Waals surface area contributed by atoms with Gasteiger partial charge in [-0.2, -0.15) is 5.10 Å². The monoisotopic (exact) mass is 401 g/mol. The lowest BCUT2D eigenvalue weighted by Gasteiger charge is -2.34. The van der Waals surface area contributed by atoms with Gasteiger partial charge in [0.05, 0.1) is 19.8 Å². The number of nitrogens with one attached hydrogen (secondary N) is 1. The summed E-state index contributed by atoms with van der Waals surface area (Å²) in [6, 6.07) is 12.1. The van der Waals surface area contributed by atoms with Crippen LogP contribution in [0.5, 0.6) is 0 Å². The molecule has 4 rings (SSSR count). The maximum atomic E-state index is 14.3. The van der Waals surface area contributed by atoms with E-state index in [0.29, 0.717) is 11.1 Å². The number of carbonyl (C=O) groups excluding carboxylic acids is 1. The van der Waals surface area contributed by atoms with Crippen molar-refractivity contribution in [2.75, 3.05) is 13.2 Å². The summed E-state index contributed by atoms with van der Waals surface area (Å²) in [6.45, 7) is 0.609. The zero-order valence-electron chi connectivity index (χ0n) is 15.4. The molecule has 0 aliphatic carbocycles. The lowest BCUT2D eigenvalue weighted by Crippen LogP contribution is -2.42. The number of carbonyl (C=O) groups is 1. The summed E-state index contributed by atoms with van der Waals surface area (Å²) in [5, 5.41) is 6.91. The second-order valence-electron chi connectivity index (χ2n) is 6.98. The van der Waals surface area contributed by atoms with E-state index in [4.69, 9.17) is 4.74 Å². The average molecular weight is 401 g/mol. The highest BCUT2D eigenvalue weighted by molar-refractivity contribution is 5.92. The van der Waals surface area contributed by atoms with Gasteiger partial charge in [0.25, 0.3) is 5.91 Å². The van der Waals surface area contributed by atoms with Crippen molar-refractivity contribution >= 4 is 5.91 Å². The number of nitrogens with zero attached hydrogens (tertiary/aromatic N) is 2. The van der Waals surface area contributed by atoms with Crippen molar-refractivity contribution in [1.29, 1.82) is 0 Å². The van der Waals surface area contributed by atoms with Crippen LogP contribution in [0.15, 0.2) is 54.7 Å². The topological polar surface area (TPSA) is 56.1 Å². The van der Waals surface area contributed by atoms with E-state index in [1.54, 1.807) is 36.5 Å². The van der Waals surface area contributed by atoms with Gasteiger partial charge in [-0.3, -0.25) is 9.48 Å². The van der Waals surface area contributed by atoms with E-state index in [0.717, 1.165) is 17.7 Å². The molecule has 3 aromatic rings. The highest BCUT2D eigenvalue weighted by Gasteiger charge is 2.40. The molecule has 2 aromatic carbocycles. The largest absolute Gasteiger partial charge is 0.374 e. The fraction of sp³-hybridized carbons (Fsp3) is 0.238. The van der Waals surface area contributed by atoms with Crippen molar-refractivity contribution < 1.29 is 22.7 Å². The Morgan fingerprint density at radius 2 is 1.79 bits per heavy atom. The minimum atomic E-state index is -1.41. The molecule has 0 unspecified atom stereocenters. The Morgan fingerprint density at radius 1 is 1.07 bits per heavy atom. The van der Waals surface area contributed by atoms with Crippen molar-refractivity contribution in [1.82, 2.24) is 15.1 Å². The Labute approximate surface area is 165 Å². The second kappa shape index (κ2) is 7.71. The number of hydrogen-bond acceptors (Lipinski definition) is 3. The SMILES string of the molecule is O=C(NCc1ccc(C2(F)COC2)cc1)c1ccn(Cc2ccc(F)c(F)c2)n1. The second-order valence-corrected chi connectivity index (χ2v) is 6.98. The molecule has 2 heterocycles. The first kappa shape index (κ1) is 19.2. The van der Waals surface area contributed by atoms with Crippen LogP contribution in [0.1, 0.15) is 27.2 Å². The number of alkyl halides is 1. The first-order valence-electron chi connectivity index (χ1n) is 9.05. The van der Waals surface area contributed by atoms with Crippen LogP contribution in [-0.4, -0.2) is 28.9 Å². The Morgan fingerprint density at radius 3 is 2.45 bits per heavy atom. The van der Waals surface area contributed by atoms with Crippen molar-refractivity contribution in [3.8, 4) is 0 Å². The van der Waals surface area contributed by atoms with Crippen LogP contribution < -0.4 is 5.32 Å². The summed E-state index contributed by atoms with van der Waals surface area (Å²) in [7, 11) is 0. The molecule has 0 atom stereocenters. The van der Waals surface area contributed by atoms with Crippen LogP contribution in [0.2, 0.25) is 0 Å². The standard InChI is InChI=1S/C21H18F3N3O2/c22-17-6-3-15(9-18(17)23)11-27-8-7-19(26-27)20(28)25-10-14-1-4-16(5-2-14)21(24)12-29-13-21/h1-9H,10-13H2,(H,25,28). The van der Waals surface area contributed by atoms with Gasteiger partial charge in [-0.05, 0) is 34.9 Å². The summed E-state index contributed by atoms with van der Waals surface area (Å²) in [5.41, 5.74) is 0.712. The summed E-state index contributed by atoms with van der Waals surface area (Å²) in [4.78, 5) is 12.3. The average Bonchev–Trinajstić information content (AvgIpc) is 3.16. The molecule has 5 nitrogen and oxygen atoms in total. The highest BCUT2D eigenvalue weighted by atomic mass is 19.2. The van der Waals surface area contributed by atoms with Crippen LogP contribution in [0.3, 0.4) is 0 Å². The quantitative estimate of drug-likeness (QED) is 0.689. The van der Waals surface area contributed by atoms with Gasteiger partial charge in [0.1, 0.15) is 5.69 Å². The van der Waals surface area contributed by atoms with E-state index in [9.17, 15) is 18.0 Å². The van der Waals surface area contributed by atoms with Crippen molar-refractivity contribution in [3.63, 3.8) is 0 Å². The fourth-order valence-electron chi connectivity index (χ4n) is 3.04. The molecule has 1 aliphatic heterocycles. The first-order valence-corrected chi connectivity index (χ1v) is 9.05. The minimum Gasteiger partial charge on any atom is -0.374 e. The molecule has 0 saturated carbocycles. The highest BCUT2D eigenvalue weighted by Crippen LogP contribution is 2.33. The Hall–Kier alpha value is -3.13. The van der Waals surface area contributed by atoms with Gasteiger partial charge in [0.2, 0.25) is 0 Å². The van der Waals surface area contributed by atoms with E-state index in [1.807, 2.05) is 0 Å². The number of halogens is 3. The molecule has 1 fully saturated rings. The normalized spacial score (nSPS) is 15.0. The van der Waals surface area contributed by atoms with Gasteiger partial charge in [-0.1, -0.05) is 30.3 Å². The third-order valence-electron chi connectivity index (χ3n) is 4.79. The third kappa shape index (κ3) is 4.17. The molecular weight excluding hydrogens is 383 g/mol. The molecular formula is C21H18F3N3O2. The van der Waals surface area contributed by atoms with Gasteiger partial charge >= 0.3 is 0 Å². The number of hydrogen-bond donors (Lipinski definition) is 1.